The van der Waals surface area contributed by atoms with Crippen molar-refractivity contribution < 1.29 is 9.53 Å². The molecule has 0 N–H and O–H groups in total. The van der Waals surface area contributed by atoms with Crippen LogP contribution in [0.15, 0.2) is 73.3 Å². The van der Waals surface area contributed by atoms with Gasteiger partial charge in [-0.2, -0.15) is 0 Å². The molecule has 0 heterocycles. The van der Waals surface area contributed by atoms with Gasteiger partial charge in [-0.05, 0) is 11.6 Å². The highest BCUT2D eigenvalue weighted by atomic mass is 16.5. The monoisotopic (exact) mass is 252 g/mol. The van der Waals surface area contributed by atoms with E-state index >= 15 is 0 Å². The molecule has 0 radical (unpaired) electrons. The summed E-state index contributed by atoms with van der Waals surface area (Å²) in [6.45, 7) is 3.78. The first-order chi connectivity index (χ1) is 9.24. The number of ether oxygens (including phenoxy) is 1. The Kier molecular flexibility index (Phi) is 3.93. The van der Waals surface area contributed by atoms with Crippen molar-refractivity contribution in [2.45, 2.75) is 5.60 Å². The van der Waals surface area contributed by atoms with E-state index in [0.717, 1.165) is 5.56 Å². The second-order valence-corrected chi connectivity index (χ2v) is 4.21. The molecule has 96 valence electrons. The number of rotatable bonds is 5. The summed E-state index contributed by atoms with van der Waals surface area (Å²) < 4.78 is 5.52. The van der Waals surface area contributed by atoms with Crippen molar-refractivity contribution in [3.05, 3.63) is 84.4 Å². The summed E-state index contributed by atoms with van der Waals surface area (Å²) in [5.74, 6) is -0.114. The van der Waals surface area contributed by atoms with E-state index < -0.39 is 5.60 Å². The lowest BCUT2D eigenvalue weighted by Gasteiger charge is -2.28. The molecule has 2 aromatic rings. The van der Waals surface area contributed by atoms with Gasteiger partial charge in [0.15, 0.2) is 5.60 Å². The molecule has 0 saturated carbocycles. The third kappa shape index (κ3) is 2.35. The molecule has 2 aromatic carbocycles. The lowest BCUT2D eigenvalue weighted by molar-refractivity contribution is 0.0267. The van der Waals surface area contributed by atoms with Gasteiger partial charge in [-0.25, -0.2) is 0 Å². The maximum Gasteiger partial charge on any atom is 0.203 e. The summed E-state index contributed by atoms with van der Waals surface area (Å²) in [7, 11) is 1.52. The van der Waals surface area contributed by atoms with Crippen molar-refractivity contribution in [2.75, 3.05) is 7.11 Å². The van der Waals surface area contributed by atoms with E-state index in [0.29, 0.717) is 5.56 Å². The van der Waals surface area contributed by atoms with Crippen LogP contribution in [0.4, 0.5) is 0 Å². The highest BCUT2D eigenvalue weighted by Gasteiger charge is 2.37. The first-order valence-corrected chi connectivity index (χ1v) is 6.08. The zero-order valence-corrected chi connectivity index (χ0v) is 10.9. The molecule has 1 atom stereocenters. The maximum absolute atomic E-state index is 12.7. The largest absolute Gasteiger partial charge is 0.361 e. The number of carbonyl (C=O) groups is 1. The van der Waals surface area contributed by atoms with Crippen molar-refractivity contribution >= 4 is 5.78 Å². The van der Waals surface area contributed by atoms with Crippen LogP contribution >= 0.6 is 0 Å². The average Bonchev–Trinajstić information content (AvgIpc) is 2.51. The standard InChI is InChI=1S/C17H16O2/c1-3-17(19-2,15-12-8-5-9-13-15)16(18)14-10-6-4-7-11-14/h3-13H,1H2,2H3. The first-order valence-electron chi connectivity index (χ1n) is 6.08. The van der Waals surface area contributed by atoms with Crippen LogP contribution in [-0.2, 0) is 10.3 Å². The molecule has 2 rings (SSSR count). The lowest BCUT2D eigenvalue weighted by atomic mass is 9.86. The van der Waals surface area contributed by atoms with Crippen molar-refractivity contribution in [1.82, 2.24) is 0 Å². The summed E-state index contributed by atoms with van der Waals surface area (Å²) in [6.07, 6.45) is 1.55. The van der Waals surface area contributed by atoms with Gasteiger partial charge in [0.2, 0.25) is 5.78 Å². The topological polar surface area (TPSA) is 26.3 Å². The van der Waals surface area contributed by atoms with Crippen molar-refractivity contribution in [3.8, 4) is 0 Å². The molecule has 0 aliphatic carbocycles. The number of hydrogen-bond donors (Lipinski definition) is 0. The minimum Gasteiger partial charge on any atom is -0.361 e. The second kappa shape index (κ2) is 5.63. The number of Topliss-reactive ketones (excluding diaryl/α,β-unsaturated/α-hetero) is 1. The Hall–Kier alpha value is -2.19. The third-order valence-electron chi connectivity index (χ3n) is 3.19. The minimum absolute atomic E-state index is 0.114. The fourth-order valence-corrected chi connectivity index (χ4v) is 2.13. The summed E-state index contributed by atoms with van der Waals surface area (Å²) in [4.78, 5) is 12.7. The maximum atomic E-state index is 12.7. The Morgan fingerprint density at radius 2 is 1.58 bits per heavy atom. The average molecular weight is 252 g/mol. The van der Waals surface area contributed by atoms with Crippen LogP contribution in [0, 0.1) is 0 Å². The first kappa shape index (κ1) is 13.2. The van der Waals surface area contributed by atoms with Gasteiger partial charge in [0.25, 0.3) is 0 Å². The number of carbonyl (C=O) groups excluding carboxylic acids is 1. The lowest BCUT2D eigenvalue weighted by Crippen LogP contribution is -2.35. The molecule has 0 aliphatic heterocycles. The van der Waals surface area contributed by atoms with E-state index in [-0.39, 0.29) is 5.78 Å². The number of hydrogen-bond acceptors (Lipinski definition) is 2. The molecule has 2 nitrogen and oxygen atoms in total. The Bertz CT molecular complexity index is 560. The predicted octanol–water partition coefficient (Wildman–Crippen LogP) is 3.60. The Balaban J connectivity index is 2.52. The van der Waals surface area contributed by atoms with Gasteiger partial charge in [-0.3, -0.25) is 4.79 Å². The fraction of sp³-hybridized carbons (Fsp3) is 0.118. The highest BCUT2D eigenvalue weighted by Crippen LogP contribution is 2.30. The molecule has 1 unspecified atom stereocenters. The molecule has 0 spiro atoms. The van der Waals surface area contributed by atoms with E-state index in [2.05, 4.69) is 6.58 Å². The van der Waals surface area contributed by atoms with Gasteiger partial charge in [0.05, 0.1) is 0 Å². The SMILES string of the molecule is C=CC(OC)(C(=O)c1ccccc1)c1ccccc1. The third-order valence-corrected chi connectivity index (χ3v) is 3.19. The normalized spacial score (nSPS) is 13.5. The van der Waals surface area contributed by atoms with Gasteiger partial charge in [-0.15, -0.1) is 0 Å². The Morgan fingerprint density at radius 1 is 1.05 bits per heavy atom. The second-order valence-electron chi connectivity index (χ2n) is 4.21. The number of benzene rings is 2. The molecule has 0 fully saturated rings. The summed E-state index contributed by atoms with van der Waals surface area (Å²) in [5, 5.41) is 0. The van der Waals surface area contributed by atoms with Gasteiger partial charge in [-0.1, -0.05) is 67.2 Å². The van der Waals surface area contributed by atoms with Gasteiger partial charge < -0.3 is 4.74 Å². The van der Waals surface area contributed by atoms with Crippen LogP contribution in [0.3, 0.4) is 0 Å². The predicted molar refractivity (Wildman–Crippen MR) is 76.1 cm³/mol. The highest BCUT2D eigenvalue weighted by molar-refractivity contribution is 6.04. The van der Waals surface area contributed by atoms with Crippen LogP contribution in [-0.4, -0.2) is 12.9 Å². The molecule has 0 saturated heterocycles. The van der Waals surface area contributed by atoms with E-state index in [9.17, 15) is 4.79 Å². The molecular formula is C17H16O2. The molecule has 2 heteroatoms. The Labute approximate surface area is 113 Å². The molecule has 0 aliphatic rings. The Morgan fingerprint density at radius 3 is 2.05 bits per heavy atom. The zero-order chi connectivity index (χ0) is 13.7. The van der Waals surface area contributed by atoms with Crippen LogP contribution < -0.4 is 0 Å². The molecule has 0 bridgehead atoms. The number of methoxy groups -OCH3 is 1. The van der Waals surface area contributed by atoms with Crippen LogP contribution in [0.2, 0.25) is 0 Å². The van der Waals surface area contributed by atoms with E-state index in [4.69, 9.17) is 4.74 Å². The fourth-order valence-electron chi connectivity index (χ4n) is 2.13. The molecule has 19 heavy (non-hydrogen) atoms. The van der Waals surface area contributed by atoms with Crippen LogP contribution in [0.1, 0.15) is 15.9 Å². The van der Waals surface area contributed by atoms with E-state index in [1.54, 1.807) is 18.2 Å². The van der Waals surface area contributed by atoms with Crippen molar-refractivity contribution in [1.29, 1.82) is 0 Å². The van der Waals surface area contributed by atoms with Crippen molar-refractivity contribution in [3.63, 3.8) is 0 Å². The van der Waals surface area contributed by atoms with E-state index in [1.807, 2.05) is 48.5 Å². The molecular weight excluding hydrogens is 236 g/mol. The summed E-state index contributed by atoms with van der Waals surface area (Å²) in [5.41, 5.74) is 0.247. The molecule has 0 aromatic heterocycles. The van der Waals surface area contributed by atoms with Gasteiger partial charge in [0, 0.05) is 12.7 Å². The van der Waals surface area contributed by atoms with E-state index in [1.165, 1.54) is 7.11 Å². The quantitative estimate of drug-likeness (QED) is 0.600. The smallest absolute Gasteiger partial charge is 0.203 e. The van der Waals surface area contributed by atoms with Gasteiger partial charge in [0.1, 0.15) is 0 Å². The van der Waals surface area contributed by atoms with Crippen LogP contribution in [0.5, 0.6) is 0 Å². The van der Waals surface area contributed by atoms with Gasteiger partial charge >= 0.3 is 0 Å². The zero-order valence-electron chi connectivity index (χ0n) is 10.9. The van der Waals surface area contributed by atoms with Crippen molar-refractivity contribution in [2.24, 2.45) is 0 Å². The minimum atomic E-state index is -1.14. The summed E-state index contributed by atoms with van der Waals surface area (Å²) >= 11 is 0. The molecule has 0 amide bonds. The number of ketones is 1. The van der Waals surface area contributed by atoms with Crippen LogP contribution in [0.25, 0.3) is 0 Å². The summed E-state index contributed by atoms with van der Waals surface area (Å²) in [6, 6.07) is 18.5.